The molecule has 0 unspecified atom stereocenters. The number of ether oxygens (including phenoxy) is 1. The van der Waals surface area contributed by atoms with Gasteiger partial charge in [0, 0.05) is 0 Å². The van der Waals surface area contributed by atoms with Crippen molar-refractivity contribution in [2.75, 3.05) is 6.61 Å². The third-order valence-corrected chi connectivity index (χ3v) is 1.14. The largest absolute Gasteiger partial charge is 0.461 e. The average Bonchev–Trinajstić information content (AvgIpc) is 1.99. The molecule has 0 heterocycles. The second-order valence-corrected chi connectivity index (χ2v) is 2.97. The number of hydrogen-bond donors (Lipinski definition) is 0. The summed E-state index contributed by atoms with van der Waals surface area (Å²) in [6.07, 6.45) is -5.00. The molecule has 0 N–H and O–H groups in total. The molecule has 0 saturated carbocycles. The maximum Gasteiger partial charge on any atom is 0.433 e. The Morgan fingerprint density at radius 2 is 1.93 bits per heavy atom. The summed E-state index contributed by atoms with van der Waals surface area (Å²) in [5, 5.41) is 0. The fraction of sp³-hybridized carbons (Fsp3) is 0.625. The zero-order valence-corrected chi connectivity index (χ0v) is 7.64. The molecular formula is C8H9F3O3. The van der Waals surface area contributed by atoms with Crippen LogP contribution in [-0.4, -0.2) is 24.7 Å². The number of alkyl halides is 3. The lowest BCUT2D eigenvalue weighted by molar-refractivity contribution is -0.151. The van der Waals surface area contributed by atoms with E-state index in [-0.39, 0.29) is 12.5 Å². The van der Waals surface area contributed by atoms with Crippen molar-refractivity contribution >= 4 is 11.9 Å². The van der Waals surface area contributed by atoms with E-state index in [1.165, 1.54) is 0 Å². The molecular weight excluding hydrogens is 201 g/mol. The molecule has 0 aromatic rings. The molecule has 0 aliphatic carbocycles. The molecule has 3 nitrogen and oxygen atoms in total. The second kappa shape index (κ2) is 4.81. The highest BCUT2D eigenvalue weighted by atomic mass is 19.4. The maximum atomic E-state index is 11.9. The second-order valence-electron chi connectivity index (χ2n) is 2.97. The van der Waals surface area contributed by atoms with Crippen LogP contribution in [0, 0.1) is 5.92 Å². The van der Waals surface area contributed by atoms with Crippen molar-refractivity contribution in [3.8, 4) is 0 Å². The molecule has 0 radical (unpaired) electrons. The van der Waals surface area contributed by atoms with Gasteiger partial charge in [-0.25, -0.2) is 9.59 Å². The summed E-state index contributed by atoms with van der Waals surface area (Å²) in [5.41, 5.74) is -1.93. The van der Waals surface area contributed by atoms with Crippen LogP contribution in [0.5, 0.6) is 0 Å². The van der Waals surface area contributed by atoms with Gasteiger partial charge in [0.15, 0.2) is 0 Å². The molecule has 0 aliphatic rings. The van der Waals surface area contributed by atoms with Gasteiger partial charge in [-0.15, -0.1) is 0 Å². The molecule has 0 aromatic heterocycles. The quantitative estimate of drug-likeness (QED) is 0.403. The van der Waals surface area contributed by atoms with Crippen molar-refractivity contribution < 1.29 is 27.5 Å². The van der Waals surface area contributed by atoms with Gasteiger partial charge in [-0.2, -0.15) is 13.2 Å². The number of halogens is 3. The summed E-state index contributed by atoms with van der Waals surface area (Å²) in [7, 11) is 0. The van der Waals surface area contributed by atoms with Crippen LogP contribution in [0.2, 0.25) is 0 Å². The molecule has 0 saturated heterocycles. The SMILES string of the molecule is CC(C)COC(=O)C(=C=O)C(F)(F)F. The van der Waals surface area contributed by atoms with Crippen molar-refractivity contribution in [1.29, 1.82) is 0 Å². The highest BCUT2D eigenvalue weighted by Crippen LogP contribution is 2.24. The minimum absolute atomic E-state index is 0.0971. The van der Waals surface area contributed by atoms with E-state index in [4.69, 9.17) is 0 Å². The van der Waals surface area contributed by atoms with Gasteiger partial charge in [0.1, 0.15) is 5.94 Å². The molecule has 80 valence electrons. The Hall–Kier alpha value is -1.29. The van der Waals surface area contributed by atoms with E-state index in [2.05, 4.69) is 4.74 Å². The molecule has 0 rings (SSSR count). The Morgan fingerprint density at radius 3 is 2.21 bits per heavy atom. The molecule has 0 aliphatic heterocycles. The number of hydrogen-bond acceptors (Lipinski definition) is 3. The van der Waals surface area contributed by atoms with Gasteiger partial charge in [-0.1, -0.05) is 13.8 Å². The third kappa shape index (κ3) is 4.09. The van der Waals surface area contributed by atoms with Gasteiger partial charge in [0.25, 0.3) is 0 Å². The van der Waals surface area contributed by atoms with Crippen LogP contribution in [0.4, 0.5) is 13.2 Å². The standard InChI is InChI=1S/C8H9F3O3/c1-5(2)4-14-7(13)6(3-12)8(9,10)11/h5H,4H2,1-2H3. The molecule has 0 aromatic carbocycles. The summed E-state index contributed by atoms with van der Waals surface area (Å²) in [4.78, 5) is 20.5. The highest BCUT2D eigenvalue weighted by molar-refractivity contribution is 5.98. The van der Waals surface area contributed by atoms with E-state index in [1.54, 1.807) is 13.8 Å². The molecule has 14 heavy (non-hydrogen) atoms. The first-order valence-electron chi connectivity index (χ1n) is 3.78. The van der Waals surface area contributed by atoms with Crippen LogP contribution in [0.15, 0.2) is 5.57 Å². The van der Waals surface area contributed by atoms with Gasteiger partial charge >= 0.3 is 12.1 Å². The maximum absolute atomic E-state index is 11.9. The first-order valence-corrected chi connectivity index (χ1v) is 3.78. The topological polar surface area (TPSA) is 43.4 Å². The van der Waals surface area contributed by atoms with Gasteiger partial charge in [-0.3, -0.25) is 0 Å². The summed E-state index contributed by atoms with van der Waals surface area (Å²) >= 11 is 0. The molecule has 0 fully saturated rings. The molecule has 0 amide bonds. The van der Waals surface area contributed by atoms with Crippen LogP contribution < -0.4 is 0 Å². The van der Waals surface area contributed by atoms with E-state index in [1.807, 2.05) is 0 Å². The van der Waals surface area contributed by atoms with Crippen LogP contribution >= 0.6 is 0 Å². The number of carbonyl (C=O) groups is 1. The predicted octanol–water partition coefficient (Wildman–Crippen LogP) is 1.51. The predicted molar refractivity (Wildman–Crippen MR) is 41.1 cm³/mol. The fourth-order valence-corrected chi connectivity index (χ4v) is 0.530. The van der Waals surface area contributed by atoms with Crippen LogP contribution in [0.3, 0.4) is 0 Å². The normalized spacial score (nSPS) is 11.0. The van der Waals surface area contributed by atoms with Gasteiger partial charge in [0.05, 0.1) is 6.61 Å². The summed E-state index contributed by atoms with van der Waals surface area (Å²) in [6.45, 7) is 3.15. The summed E-state index contributed by atoms with van der Waals surface area (Å²) < 4.78 is 39.9. The van der Waals surface area contributed by atoms with E-state index in [0.29, 0.717) is 5.94 Å². The lowest BCUT2D eigenvalue weighted by Crippen LogP contribution is -2.23. The average molecular weight is 210 g/mol. The number of carbonyl (C=O) groups excluding carboxylic acids is 2. The zero-order chi connectivity index (χ0) is 11.4. The van der Waals surface area contributed by atoms with Crippen molar-refractivity contribution in [3.05, 3.63) is 5.57 Å². The van der Waals surface area contributed by atoms with Crippen LogP contribution in [0.1, 0.15) is 13.8 Å². The minimum atomic E-state index is -5.00. The third-order valence-electron chi connectivity index (χ3n) is 1.14. The Balaban J connectivity index is 4.45. The van der Waals surface area contributed by atoms with E-state index in [0.717, 1.165) is 0 Å². The Morgan fingerprint density at radius 1 is 1.43 bits per heavy atom. The summed E-state index contributed by atoms with van der Waals surface area (Å²) in [6, 6.07) is 0. The van der Waals surface area contributed by atoms with Crippen molar-refractivity contribution in [3.63, 3.8) is 0 Å². The van der Waals surface area contributed by atoms with Crippen LogP contribution in [-0.2, 0) is 14.3 Å². The van der Waals surface area contributed by atoms with Crippen molar-refractivity contribution in [2.24, 2.45) is 5.92 Å². The highest BCUT2D eigenvalue weighted by Gasteiger charge is 2.41. The van der Waals surface area contributed by atoms with E-state index < -0.39 is 17.7 Å². The van der Waals surface area contributed by atoms with Crippen molar-refractivity contribution in [1.82, 2.24) is 0 Å². The van der Waals surface area contributed by atoms with Gasteiger partial charge < -0.3 is 4.74 Å². The van der Waals surface area contributed by atoms with E-state index in [9.17, 15) is 22.8 Å². The number of rotatable bonds is 3. The fourth-order valence-electron chi connectivity index (χ4n) is 0.530. The molecule has 0 spiro atoms. The first-order chi connectivity index (χ1) is 6.29. The number of esters is 1. The smallest absolute Gasteiger partial charge is 0.433 e. The molecule has 6 heteroatoms. The van der Waals surface area contributed by atoms with Crippen LogP contribution in [0.25, 0.3) is 0 Å². The Kier molecular flexibility index (Phi) is 4.37. The molecule has 0 bridgehead atoms. The Labute approximate surface area is 78.5 Å². The Bertz CT molecular complexity index is 261. The molecule has 0 atom stereocenters. The van der Waals surface area contributed by atoms with E-state index >= 15 is 0 Å². The summed E-state index contributed by atoms with van der Waals surface area (Å²) in [5.74, 6) is -1.24. The lowest BCUT2D eigenvalue weighted by atomic mass is 10.2. The zero-order valence-electron chi connectivity index (χ0n) is 7.64. The monoisotopic (exact) mass is 210 g/mol. The minimum Gasteiger partial charge on any atom is -0.461 e. The van der Waals surface area contributed by atoms with Gasteiger partial charge in [0.2, 0.25) is 5.57 Å². The lowest BCUT2D eigenvalue weighted by Gasteiger charge is -2.09. The van der Waals surface area contributed by atoms with Crippen molar-refractivity contribution in [2.45, 2.75) is 20.0 Å². The first kappa shape index (κ1) is 12.7. The van der Waals surface area contributed by atoms with Gasteiger partial charge in [-0.05, 0) is 5.92 Å².